The summed E-state index contributed by atoms with van der Waals surface area (Å²) in [6.45, 7) is 2.75. The average molecular weight is 442 g/mol. The molecule has 0 bridgehead atoms. The average Bonchev–Trinajstić information content (AvgIpc) is 3.18. The highest BCUT2D eigenvalue weighted by molar-refractivity contribution is 5.94. The summed E-state index contributed by atoms with van der Waals surface area (Å²) in [6.07, 6.45) is 0.0326. The molecule has 0 aromatic heterocycles. The van der Waals surface area contributed by atoms with Crippen LogP contribution in [-0.4, -0.2) is 54.5 Å². The second-order valence-electron chi connectivity index (χ2n) is 8.03. The van der Waals surface area contributed by atoms with E-state index in [4.69, 9.17) is 14.2 Å². The molecular formula is C25H31NO6. The van der Waals surface area contributed by atoms with Crippen molar-refractivity contribution in [2.24, 2.45) is 5.92 Å². The third-order valence-corrected chi connectivity index (χ3v) is 5.70. The molecule has 2 amide bonds. The van der Waals surface area contributed by atoms with Gasteiger partial charge >= 0.3 is 6.09 Å². The molecule has 7 heteroatoms. The number of imide groups is 1. The number of benzene rings is 2. The van der Waals surface area contributed by atoms with E-state index in [2.05, 4.69) is 0 Å². The SMILES string of the molecule is COc1ccc(COCCC[C@H](O)[C@@H](C)C(=O)N2C(=O)OC[C@H]2Cc2ccccc2)cc1. The summed E-state index contributed by atoms with van der Waals surface area (Å²) in [5, 5.41) is 10.5. The monoisotopic (exact) mass is 441 g/mol. The van der Waals surface area contributed by atoms with Crippen molar-refractivity contribution < 1.29 is 28.9 Å². The van der Waals surface area contributed by atoms with Crippen LogP contribution in [0.3, 0.4) is 0 Å². The number of rotatable bonds is 11. The Balaban J connectivity index is 1.43. The standard InChI is InChI=1S/C25H31NO6/c1-18(23(27)9-6-14-31-16-20-10-12-22(30-2)13-11-20)24(28)26-21(17-32-25(26)29)15-19-7-4-3-5-8-19/h3-5,7-8,10-13,18,21,23,27H,6,9,14-17H2,1-2H3/t18-,21-,23+/m1/s1. The van der Waals surface area contributed by atoms with Crippen LogP contribution in [0, 0.1) is 5.92 Å². The molecule has 2 aromatic rings. The van der Waals surface area contributed by atoms with Crippen LogP contribution in [-0.2, 0) is 27.3 Å². The minimum Gasteiger partial charge on any atom is -0.497 e. The quantitative estimate of drug-likeness (QED) is 0.537. The van der Waals surface area contributed by atoms with E-state index in [0.29, 0.717) is 32.5 Å². The van der Waals surface area contributed by atoms with Crippen LogP contribution in [0.4, 0.5) is 4.79 Å². The van der Waals surface area contributed by atoms with Gasteiger partial charge in [0, 0.05) is 6.61 Å². The second kappa shape index (κ2) is 11.6. The van der Waals surface area contributed by atoms with Crippen molar-refractivity contribution in [1.29, 1.82) is 0 Å². The molecule has 7 nitrogen and oxygen atoms in total. The Hall–Kier alpha value is -2.90. The highest BCUT2D eigenvalue weighted by Crippen LogP contribution is 2.22. The molecule has 1 fully saturated rings. The van der Waals surface area contributed by atoms with Crippen LogP contribution in [0.5, 0.6) is 5.75 Å². The number of ether oxygens (including phenoxy) is 3. The zero-order valence-electron chi connectivity index (χ0n) is 18.6. The Morgan fingerprint density at radius 3 is 2.56 bits per heavy atom. The molecule has 0 saturated carbocycles. The Kier molecular flexibility index (Phi) is 8.64. The minimum absolute atomic E-state index is 0.168. The Bertz CT molecular complexity index is 870. The van der Waals surface area contributed by atoms with Gasteiger partial charge in [-0.25, -0.2) is 9.69 Å². The number of carbonyl (C=O) groups excluding carboxylic acids is 2. The molecule has 0 aliphatic carbocycles. The van der Waals surface area contributed by atoms with Crippen LogP contribution in [0.1, 0.15) is 30.9 Å². The number of aliphatic hydroxyl groups excluding tert-OH is 1. The molecule has 0 unspecified atom stereocenters. The summed E-state index contributed by atoms with van der Waals surface area (Å²) >= 11 is 0. The smallest absolute Gasteiger partial charge is 0.416 e. The van der Waals surface area contributed by atoms with Crippen LogP contribution < -0.4 is 4.74 Å². The third-order valence-electron chi connectivity index (χ3n) is 5.70. The predicted octanol–water partition coefficient (Wildman–Crippen LogP) is 3.58. The number of nitrogens with zero attached hydrogens (tertiary/aromatic N) is 1. The number of cyclic esters (lactones) is 1. The maximum atomic E-state index is 12.9. The van der Waals surface area contributed by atoms with Crippen LogP contribution >= 0.6 is 0 Å². The fourth-order valence-corrected chi connectivity index (χ4v) is 3.71. The Labute approximate surface area is 188 Å². The zero-order chi connectivity index (χ0) is 22.9. The molecule has 1 saturated heterocycles. The van der Waals surface area contributed by atoms with Crippen LogP contribution in [0.15, 0.2) is 54.6 Å². The molecule has 3 atom stereocenters. The largest absolute Gasteiger partial charge is 0.497 e. The van der Waals surface area contributed by atoms with E-state index < -0.39 is 24.0 Å². The molecule has 1 aliphatic rings. The van der Waals surface area contributed by atoms with Gasteiger partial charge in [0.1, 0.15) is 12.4 Å². The number of carbonyl (C=O) groups is 2. The first-order valence-corrected chi connectivity index (χ1v) is 10.9. The molecule has 0 spiro atoms. The first-order chi connectivity index (χ1) is 15.5. The number of aliphatic hydroxyl groups is 1. The lowest BCUT2D eigenvalue weighted by Crippen LogP contribution is -2.45. The van der Waals surface area contributed by atoms with Crippen molar-refractivity contribution >= 4 is 12.0 Å². The summed E-state index contributed by atoms with van der Waals surface area (Å²) in [7, 11) is 1.62. The number of hydrogen-bond acceptors (Lipinski definition) is 6. The molecule has 3 rings (SSSR count). The van der Waals surface area contributed by atoms with Gasteiger partial charge in [0.05, 0.1) is 31.8 Å². The topological polar surface area (TPSA) is 85.3 Å². The fourth-order valence-electron chi connectivity index (χ4n) is 3.71. The van der Waals surface area contributed by atoms with E-state index in [1.54, 1.807) is 14.0 Å². The summed E-state index contributed by atoms with van der Waals surface area (Å²) < 4.78 is 15.9. The van der Waals surface area contributed by atoms with Crippen molar-refractivity contribution in [2.75, 3.05) is 20.3 Å². The summed E-state index contributed by atoms with van der Waals surface area (Å²) in [5.41, 5.74) is 2.06. The molecule has 172 valence electrons. The van der Waals surface area contributed by atoms with E-state index in [0.717, 1.165) is 16.9 Å². The van der Waals surface area contributed by atoms with Crippen molar-refractivity contribution in [3.63, 3.8) is 0 Å². The van der Waals surface area contributed by atoms with E-state index in [1.807, 2.05) is 54.6 Å². The lowest BCUT2D eigenvalue weighted by molar-refractivity contribution is -0.136. The Morgan fingerprint density at radius 2 is 1.88 bits per heavy atom. The summed E-state index contributed by atoms with van der Waals surface area (Å²) in [5.74, 6) is -0.316. The van der Waals surface area contributed by atoms with E-state index >= 15 is 0 Å². The lowest BCUT2D eigenvalue weighted by Gasteiger charge is -2.25. The first-order valence-electron chi connectivity index (χ1n) is 10.9. The summed E-state index contributed by atoms with van der Waals surface area (Å²) in [6, 6.07) is 16.9. The normalized spacial score (nSPS) is 17.7. The maximum absolute atomic E-state index is 12.9. The van der Waals surface area contributed by atoms with Crippen LogP contribution in [0.25, 0.3) is 0 Å². The molecular weight excluding hydrogens is 410 g/mol. The van der Waals surface area contributed by atoms with Gasteiger partial charge in [0.15, 0.2) is 0 Å². The van der Waals surface area contributed by atoms with Gasteiger partial charge in [-0.1, -0.05) is 49.4 Å². The highest BCUT2D eigenvalue weighted by Gasteiger charge is 2.41. The van der Waals surface area contributed by atoms with Crippen LogP contribution in [0.2, 0.25) is 0 Å². The van der Waals surface area contributed by atoms with Crippen molar-refractivity contribution in [3.05, 3.63) is 65.7 Å². The molecule has 1 aliphatic heterocycles. The maximum Gasteiger partial charge on any atom is 0.416 e. The highest BCUT2D eigenvalue weighted by atomic mass is 16.6. The lowest BCUT2D eigenvalue weighted by atomic mass is 9.97. The first kappa shape index (κ1) is 23.8. The molecule has 2 aromatic carbocycles. The van der Waals surface area contributed by atoms with Crippen molar-refractivity contribution in [1.82, 2.24) is 4.90 Å². The van der Waals surface area contributed by atoms with Gasteiger partial charge < -0.3 is 19.3 Å². The summed E-state index contributed by atoms with van der Waals surface area (Å²) in [4.78, 5) is 26.3. The molecule has 32 heavy (non-hydrogen) atoms. The predicted molar refractivity (Wildman–Crippen MR) is 119 cm³/mol. The number of methoxy groups -OCH3 is 1. The second-order valence-corrected chi connectivity index (χ2v) is 8.03. The number of amides is 2. The van der Waals surface area contributed by atoms with E-state index in [9.17, 15) is 14.7 Å². The number of hydrogen-bond donors (Lipinski definition) is 1. The molecule has 0 radical (unpaired) electrons. The van der Waals surface area contributed by atoms with Gasteiger partial charge in [-0.2, -0.15) is 0 Å². The third kappa shape index (κ3) is 6.31. The molecule has 1 heterocycles. The van der Waals surface area contributed by atoms with Crippen molar-refractivity contribution in [2.45, 2.75) is 44.9 Å². The van der Waals surface area contributed by atoms with Gasteiger partial charge in [-0.3, -0.25) is 4.79 Å². The molecule has 1 N–H and O–H groups in total. The van der Waals surface area contributed by atoms with Crippen molar-refractivity contribution in [3.8, 4) is 5.75 Å². The van der Waals surface area contributed by atoms with E-state index in [1.165, 1.54) is 4.90 Å². The fraction of sp³-hybridized carbons (Fsp3) is 0.440. The zero-order valence-corrected chi connectivity index (χ0v) is 18.6. The van der Waals surface area contributed by atoms with E-state index in [-0.39, 0.29) is 12.6 Å². The Morgan fingerprint density at radius 1 is 1.16 bits per heavy atom. The van der Waals surface area contributed by atoms with Gasteiger partial charge in [-0.15, -0.1) is 0 Å². The van der Waals surface area contributed by atoms with Gasteiger partial charge in [-0.05, 0) is 42.5 Å². The minimum atomic E-state index is -0.863. The van der Waals surface area contributed by atoms with Gasteiger partial charge in [0.2, 0.25) is 5.91 Å². The van der Waals surface area contributed by atoms with Gasteiger partial charge in [0.25, 0.3) is 0 Å².